The van der Waals surface area contributed by atoms with Gasteiger partial charge in [0.25, 0.3) is 0 Å². The van der Waals surface area contributed by atoms with Crippen LogP contribution in [0.15, 0.2) is 77.4 Å². The number of aryl methyl sites for hydroxylation is 1. The Kier molecular flexibility index (Phi) is 7.64. The standard InChI is InChI=1S/C32H33BrClN5S/c1-20-13-16-37(17-14-20)29-12-11-25(19-27(29)34)39-31(30(36-32(39)40)28-6-4-5-15-35-28)26-18-21(2)38(22(26)3)24-9-7-23(33)8-10-24/h4-12,15,18-20,30-31H,13-14,16-17H2,1-3H3,(H,36,40)/t30-,31+/m1/s1. The van der Waals surface area contributed by atoms with Gasteiger partial charge >= 0.3 is 0 Å². The molecule has 1 N–H and O–H groups in total. The third-order valence-corrected chi connectivity index (χ3v) is 9.45. The zero-order valence-electron chi connectivity index (χ0n) is 22.9. The van der Waals surface area contributed by atoms with Crippen LogP contribution in [0, 0.1) is 19.8 Å². The first-order chi connectivity index (χ1) is 19.3. The molecule has 2 aromatic carbocycles. The molecule has 8 heteroatoms. The molecule has 4 aromatic rings. The van der Waals surface area contributed by atoms with E-state index in [2.05, 4.69) is 111 Å². The van der Waals surface area contributed by atoms with Crippen molar-refractivity contribution >= 4 is 56.2 Å². The number of halogens is 2. The molecule has 0 spiro atoms. The fourth-order valence-corrected chi connectivity index (χ4v) is 7.08. The summed E-state index contributed by atoms with van der Waals surface area (Å²) in [5, 5.41) is 5.03. The maximum Gasteiger partial charge on any atom is 0.174 e. The van der Waals surface area contributed by atoms with Crippen LogP contribution in [0.4, 0.5) is 11.4 Å². The predicted molar refractivity (Wildman–Crippen MR) is 173 cm³/mol. The first-order valence-electron chi connectivity index (χ1n) is 13.8. The quantitative estimate of drug-likeness (QED) is 0.224. The molecule has 5 nitrogen and oxygen atoms in total. The Morgan fingerprint density at radius 1 is 0.975 bits per heavy atom. The molecule has 0 unspecified atom stereocenters. The van der Waals surface area contributed by atoms with Crippen molar-refractivity contribution in [2.75, 3.05) is 22.9 Å². The SMILES string of the molecule is Cc1cc([C@H]2[C@@H](c3ccccn3)NC(=S)N2c2ccc(N3CCC(C)CC3)c(Cl)c2)c(C)n1-c1ccc(Br)cc1. The molecule has 6 rings (SSSR count). The van der Waals surface area contributed by atoms with Crippen molar-refractivity contribution in [2.24, 2.45) is 5.92 Å². The zero-order valence-corrected chi connectivity index (χ0v) is 26.1. The molecule has 2 aliphatic rings. The smallest absolute Gasteiger partial charge is 0.174 e. The van der Waals surface area contributed by atoms with Gasteiger partial charge in [-0.3, -0.25) is 4.98 Å². The van der Waals surface area contributed by atoms with E-state index in [1.165, 1.54) is 29.8 Å². The number of nitrogens with one attached hydrogen (secondary N) is 1. The second kappa shape index (κ2) is 11.2. The van der Waals surface area contributed by atoms with Crippen LogP contribution in [0.5, 0.6) is 0 Å². The maximum atomic E-state index is 6.97. The monoisotopic (exact) mass is 633 g/mol. The van der Waals surface area contributed by atoms with Gasteiger partial charge in [0.15, 0.2) is 5.11 Å². The lowest BCUT2D eigenvalue weighted by Gasteiger charge is -2.33. The second-order valence-electron chi connectivity index (χ2n) is 10.9. The van der Waals surface area contributed by atoms with E-state index in [-0.39, 0.29) is 12.1 Å². The lowest BCUT2D eigenvalue weighted by Crippen LogP contribution is -2.33. The molecule has 40 heavy (non-hydrogen) atoms. The average molecular weight is 635 g/mol. The van der Waals surface area contributed by atoms with Crippen LogP contribution in [0.2, 0.25) is 5.02 Å². The highest BCUT2D eigenvalue weighted by Gasteiger charge is 2.42. The summed E-state index contributed by atoms with van der Waals surface area (Å²) in [5.41, 5.74) is 7.70. The van der Waals surface area contributed by atoms with Gasteiger partial charge in [0.1, 0.15) is 0 Å². The Balaban J connectivity index is 1.43. The largest absolute Gasteiger partial charge is 0.370 e. The van der Waals surface area contributed by atoms with Crippen molar-refractivity contribution in [2.45, 2.75) is 45.7 Å². The molecule has 0 aliphatic carbocycles. The van der Waals surface area contributed by atoms with Gasteiger partial charge in [-0.15, -0.1) is 0 Å². The van der Waals surface area contributed by atoms with Gasteiger partial charge in [-0.05, 0) is 111 Å². The van der Waals surface area contributed by atoms with Gasteiger partial charge in [0.05, 0.1) is 28.5 Å². The molecule has 0 amide bonds. The van der Waals surface area contributed by atoms with E-state index in [9.17, 15) is 0 Å². The minimum absolute atomic E-state index is 0.101. The van der Waals surface area contributed by atoms with Crippen molar-refractivity contribution < 1.29 is 0 Å². The summed E-state index contributed by atoms with van der Waals surface area (Å²) in [6.45, 7) is 8.75. The Morgan fingerprint density at radius 2 is 1.70 bits per heavy atom. The Bertz CT molecular complexity index is 1530. The third-order valence-electron chi connectivity index (χ3n) is 8.31. The van der Waals surface area contributed by atoms with Crippen LogP contribution in [-0.2, 0) is 0 Å². The van der Waals surface area contributed by atoms with E-state index in [0.717, 1.165) is 51.3 Å². The van der Waals surface area contributed by atoms with Crippen molar-refractivity contribution in [1.29, 1.82) is 0 Å². The number of hydrogen-bond acceptors (Lipinski definition) is 3. The number of nitrogens with zero attached hydrogens (tertiary/aromatic N) is 4. The molecule has 2 aliphatic heterocycles. The fraction of sp³-hybridized carbons (Fsp3) is 0.312. The summed E-state index contributed by atoms with van der Waals surface area (Å²) in [5.74, 6) is 0.767. The highest BCUT2D eigenvalue weighted by Crippen LogP contribution is 2.45. The van der Waals surface area contributed by atoms with Crippen LogP contribution in [0.1, 0.15) is 54.5 Å². The van der Waals surface area contributed by atoms with Crippen LogP contribution in [0.3, 0.4) is 0 Å². The summed E-state index contributed by atoms with van der Waals surface area (Å²) < 4.78 is 3.37. The minimum Gasteiger partial charge on any atom is -0.370 e. The van der Waals surface area contributed by atoms with Crippen molar-refractivity contribution in [3.05, 3.63) is 105 Å². The first kappa shape index (κ1) is 27.3. The summed E-state index contributed by atoms with van der Waals surface area (Å²) in [7, 11) is 0. The van der Waals surface area contributed by atoms with E-state index in [1.54, 1.807) is 0 Å². The molecular weight excluding hydrogens is 602 g/mol. The first-order valence-corrected chi connectivity index (χ1v) is 15.4. The number of piperidine rings is 1. The number of anilines is 2. The maximum absolute atomic E-state index is 6.97. The van der Waals surface area contributed by atoms with Crippen LogP contribution < -0.4 is 15.1 Å². The molecule has 2 atom stereocenters. The number of aromatic nitrogens is 2. The van der Waals surface area contributed by atoms with Gasteiger partial charge in [0, 0.05) is 46.5 Å². The molecule has 2 aromatic heterocycles. The molecule has 2 fully saturated rings. The number of rotatable bonds is 5. The van der Waals surface area contributed by atoms with E-state index in [1.807, 2.05) is 18.3 Å². The van der Waals surface area contributed by atoms with Gasteiger partial charge in [-0.2, -0.15) is 0 Å². The zero-order chi connectivity index (χ0) is 28.0. The van der Waals surface area contributed by atoms with E-state index in [4.69, 9.17) is 28.8 Å². The van der Waals surface area contributed by atoms with Crippen LogP contribution in [-0.4, -0.2) is 27.8 Å². The summed E-state index contributed by atoms with van der Waals surface area (Å²) >= 11 is 16.5. The number of hydrogen-bond donors (Lipinski definition) is 1. The van der Waals surface area contributed by atoms with Crippen LogP contribution >= 0.6 is 39.7 Å². The third kappa shape index (κ3) is 5.04. The Morgan fingerprint density at radius 3 is 2.38 bits per heavy atom. The molecule has 0 bridgehead atoms. The van der Waals surface area contributed by atoms with Crippen molar-refractivity contribution in [3.63, 3.8) is 0 Å². The Hall–Kier alpha value is -2.87. The van der Waals surface area contributed by atoms with E-state index in [0.29, 0.717) is 5.11 Å². The minimum atomic E-state index is -0.116. The predicted octanol–water partition coefficient (Wildman–Crippen LogP) is 8.32. The van der Waals surface area contributed by atoms with Gasteiger partial charge in [0.2, 0.25) is 0 Å². The van der Waals surface area contributed by atoms with Crippen molar-refractivity contribution in [3.8, 4) is 5.69 Å². The number of benzene rings is 2. The van der Waals surface area contributed by atoms with Gasteiger partial charge in [-0.1, -0.05) is 40.5 Å². The van der Waals surface area contributed by atoms with Gasteiger partial charge < -0.3 is 19.7 Å². The van der Waals surface area contributed by atoms with E-state index < -0.39 is 0 Å². The number of pyridine rings is 1. The average Bonchev–Trinajstić information content (AvgIpc) is 3.45. The van der Waals surface area contributed by atoms with Gasteiger partial charge in [-0.25, -0.2) is 0 Å². The molecule has 2 saturated heterocycles. The highest BCUT2D eigenvalue weighted by atomic mass is 79.9. The fourth-order valence-electron chi connectivity index (χ4n) is 6.18. The lowest BCUT2D eigenvalue weighted by atomic mass is 9.96. The normalized spacial score (nSPS) is 19.8. The van der Waals surface area contributed by atoms with Crippen LogP contribution in [0.25, 0.3) is 5.69 Å². The summed E-state index contributed by atoms with van der Waals surface area (Å²) in [4.78, 5) is 9.36. The molecule has 0 radical (unpaired) electrons. The second-order valence-corrected chi connectivity index (χ2v) is 12.6. The summed E-state index contributed by atoms with van der Waals surface area (Å²) in [6.07, 6.45) is 4.23. The van der Waals surface area contributed by atoms with E-state index >= 15 is 0 Å². The number of thiocarbonyl (C=S) groups is 1. The summed E-state index contributed by atoms with van der Waals surface area (Å²) in [6, 6.07) is 22.9. The topological polar surface area (TPSA) is 36.3 Å². The molecule has 206 valence electrons. The highest BCUT2D eigenvalue weighted by molar-refractivity contribution is 9.10. The van der Waals surface area contributed by atoms with Crippen molar-refractivity contribution in [1.82, 2.24) is 14.9 Å². The molecule has 4 heterocycles. The Labute approximate surface area is 255 Å². The lowest BCUT2D eigenvalue weighted by molar-refractivity contribution is 0.438. The molecular formula is C32H33BrClN5S. The molecule has 0 saturated carbocycles.